The number of benzene rings is 1. The van der Waals surface area contributed by atoms with Gasteiger partial charge in [0.05, 0.1) is 5.69 Å². The van der Waals surface area contributed by atoms with E-state index in [-0.39, 0.29) is 5.56 Å². The van der Waals surface area contributed by atoms with Crippen LogP contribution in [-0.2, 0) is 11.3 Å². The molecule has 1 aliphatic rings. The second kappa shape index (κ2) is 8.12. The van der Waals surface area contributed by atoms with E-state index in [0.717, 1.165) is 12.2 Å². The van der Waals surface area contributed by atoms with E-state index in [0.29, 0.717) is 36.8 Å². The monoisotopic (exact) mass is 377 g/mol. The maximum absolute atomic E-state index is 14.4. The fraction of sp³-hybridized carbons (Fsp3) is 0.368. The molecule has 138 valence electrons. The summed E-state index contributed by atoms with van der Waals surface area (Å²) in [5.74, 6) is -1.60. The highest BCUT2D eigenvalue weighted by Crippen LogP contribution is 2.29. The summed E-state index contributed by atoms with van der Waals surface area (Å²) >= 11 is 6.09. The van der Waals surface area contributed by atoms with Gasteiger partial charge in [-0.2, -0.15) is 0 Å². The average Bonchev–Trinajstić information content (AvgIpc) is 2.62. The molecule has 1 N–H and O–H groups in total. The molecular weight excluding hydrogens is 357 g/mol. The second-order valence-electron chi connectivity index (χ2n) is 6.50. The van der Waals surface area contributed by atoms with E-state index in [9.17, 15) is 14.3 Å². The third-order valence-corrected chi connectivity index (χ3v) is 5.10. The second-order valence-corrected chi connectivity index (χ2v) is 6.90. The van der Waals surface area contributed by atoms with Gasteiger partial charge in [0.25, 0.3) is 0 Å². The first-order valence-corrected chi connectivity index (χ1v) is 8.88. The summed E-state index contributed by atoms with van der Waals surface area (Å²) in [6, 6.07) is 7.49. The fourth-order valence-corrected chi connectivity index (χ4v) is 3.43. The van der Waals surface area contributed by atoms with Crippen LogP contribution >= 0.6 is 11.6 Å². The summed E-state index contributed by atoms with van der Waals surface area (Å²) in [6.45, 7) is 4.88. The highest BCUT2D eigenvalue weighted by molar-refractivity contribution is 6.31. The van der Waals surface area contributed by atoms with E-state index in [1.54, 1.807) is 18.0 Å². The highest BCUT2D eigenvalue weighted by Gasteiger charge is 2.32. The predicted molar refractivity (Wildman–Crippen MR) is 97.6 cm³/mol. The van der Waals surface area contributed by atoms with Crippen molar-refractivity contribution in [3.63, 3.8) is 0 Å². The minimum Gasteiger partial charge on any atom is -0.480 e. The molecule has 5 nitrogen and oxygen atoms in total. The van der Waals surface area contributed by atoms with Gasteiger partial charge in [0.2, 0.25) is 0 Å². The number of aliphatic carboxylic acids is 1. The van der Waals surface area contributed by atoms with Gasteiger partial charge in [-0.05, 0) is 36.8 Å². The highest BCUT2D eigenvalue weighted by atomic mass is 35.5. The largest absolute Gasteiger partial charge is 0.480 e. The predicted octanol–water partition coefficient (Wildman–Crippen LogP) is 3.13. The molecule has 3 rings (SSSR count). The Labute approximate surface area is 157 Å². The number of rotatable bonds is 5. The fourth-order valence-electron chi connectivity index (χ4n) is 3.26. The van der Waals surface area contributed by atoms with Crippen molar-refractivity contribution in [2.75, 3.05) is 26.2 Å². The average molecular weight is 378 g/mol. The van der Waals surface area contributed by atoms with Gasteiger partial charge in [-0.15, -0.1) is 0 Å². The van der Waals surface area contributed by atoms with Gasteiger partial charge in [-0.25, -0.2) is 4.39 Å². The molecule has 1 fully saturated rings. The summed E-state index contributed by atoms with van der Waals surface area (Å²) in [6.07, 6.45) is 1.76. The molecule has 0 unspecified atom stereocenters. The van der Waals surface area contributed by atoms with Crippen LogP contribution in [0.25, 0.3) is 0 Å². The molecule has 1 aromatic carbocycles. The molecule has 7 heteroatoms. The Morgan fingerprint density at radius 2 is 2.04 bits per heavy atom. The van der Waals surface area contributed by atoms with Gasteiger partial charge in [0, 0.05) is 49.5 Å². The third kappa shape index (κ3) is 4.20. The van der Waals surface area contributed by atoms with Crippen LogP contribution in [0, 0.1) is 12.7 Å². The minimum atomic E-state index is -1.07. The first-order chi connectivity index (χ1) is 12.5. The molecule has 0 saturated carbocycles. The Bertz CT molecular complexity index is 780. The lowest BCUT2D eigenvalue weighted by atomic mass is 10.0. The van der Waals surface area contributed by atoms with Crippen molar-refractivity contribution in [1.82, 2.24) is 14.8 Å². The summed E-state index contributed by atoms with van der Waals surface area (Å²) in [5.41, 5.74) is 1.69. The lowest BCUT2D eigenvalue weighted by Crippen LogP contribution is -2.49. The number of piperazine rings is 1. The number of nitrogens with zero attached hydrogens (tertiary/aromatic N) is 3. The molecule has 0 radical (unpaired) electrons. The normalized spacial score (nSPS) is 17.2. The molecule has 1 atom stereocenters. The minimum absolute atomic E-state index is 0.117. The Hall–Kier alpha value is -2.02. The summed E-state index contributed by atoms with van der Waals surface area (Å²) in [7, 11) is 0. The number of aromatic nitrogens is 1. The molecule has 0 amide bonds. The molecule has 0 bridgehead atoms. The number of hydrogen-bond acceptors (Lipinski definition) is 4. The first kappa shape index (κ1) is 18.8. The van der Waals surface area contributed by atoms with E-state index >= 15 is 0 Å². The van der Waals surface area contributed by atoms with E-state index in [1.807, 2.05) is 18.2 Å². The molecule has 1 aromatic heterocycles. The van der Waals surface area contributed by atoms with E-state index in [2.05, 4.69) is 9.88 Å². The third-order valence-electron chi connectivity index (χ3n) is 4.69. The molecule has 0 spiro atoms. The zero-order chi connectivity index (χ0) is 18.7. The summed E-state index contributed by atoms with van der Waals surface area (Å²) in [5, 5.41) is 10.1. The topological polar surface area (TPSA) is 56.7 Å². The van der Waals surface area contributed by atoms with Crippen molar-refractivity contribution < 1.29 is 14.3 Å². The number of halogens is 2. The van der Waals surface area contributed by atoms with Crippen molar-refractivity contribution in [3.8, 4) is 0 Å². The van der Waals surface area contributed by atoms with Crippen LogP contribution in [0.5, 0.6) is 0 Å². The van der Waals surface area contributed by atoms with Crippen LogP contribution in [0.2, 0.25) is 5.02 Å². The van der Waals surface area contributed by atoms with Crippen molar-refractivity contribution in [3.05, 3.63) is 64.2 Å². The van der Waals surface area contributed by atoms with Crippen molar-refractivity contribution >= 4 is 17.6 Å². The van der Waals surface area contributed by atoms with Crippen LogP contribution in [0.1, 0.15) is 22.9 Å². The lowest BCUT2D eigenvalue weighted by Gasteiger charge is -2.37. The van der Waals surface area contributed by atoms with Crippen molar-refractivity contribution in [2.24, 2.45) is 0 Å². The molecule has 2 heterocycles. The number of carboxylic acid groups (broad SMARTS) is 1. The van der Waals surface area contributed by atoms with Gasteiger partial charge in [-0.1, -0.05) is 17.7 Å². The maximum Gasteiger partial charge on any atom is 0.325 e. The Morgan fingerprint density at radius 1 is 1.31 bits per heavy atom. The van der Waals surface area contributed by atoms with Gasteiger partial charge in [0.1, 0.15) is 11.9 Å². The molecule has 1 aliphatic heterocycles. The van der Waals surface area contributed by atoms with E-state index in [1.165, 1.54) is 12.1 Å². The zero-order valence-electron chi connectivity index (χ0n) is 14.5. The molecule has 2 aromatic rings. The number of carbonyl (C=O) groups is 1. The Kier molecular flexibility index (Phi) is 5.86. The zero-order valence-corrected chi connectivity index (χ0v) is 15.3. The van der Waals surface area contributed by atoms with Crippen LogP contribution in [0.4, 0.5) is 4.39 Å². The molecule has 26 heavy (non-hydrogen) atoms. The number of pyridine rings is 1. The van der Waals surface area contributed by atoms with Crippen molar-refractivity contribution in [2.45, 2.75) is 19.5 Å². The number of carboxylic acids is 1. The Morgan fingerprint density at radius 3 is 2.65 bits per heavy atom. The first-order valence-electron chi connectivity index (χ1n) is 8.50. The Balaban J connectivity index is 1.71. The molecular formula is C19H21ClFN3O2. The standard InChI is InChI=1S/C19H21ClFN3O2/c1-13-10-17(21)15(11-16(13)20)18(19(25)26)24-8-6-23(7-9-24)12-14-4-2-3-5-22-14/h2-5,10-11,18H,6-9,12H2,1H3,(H,25,26)/t18-/m0/s1. The van der Waals surface area contributed by atoms with Gasteiger partial charge >= 0.3 is 5.97 Å². The summed E-state index contributed by atoms with van der Waals surface area (Å²) in [4.78, 5) is 20.2. The van der Waals surface area contributed by atoms with E-state index < -0.39 is 17.8 Å². The summed E-state index contributed by atoms with van der Waals surface area (Å²) < 4.78 is 14.4. The van der Waals surface area contributed by atoms with Crippen LogP contribution in [-0.4, -0.2) is 52.0 Å². The van der Waals surface area contributed by atoms with E-state index in [4.69, 9.17) is 11.6 Å². The molecule has 0 aliphatic carbocycles. The SMILES string of the molecule is Cc1cc(F)c([C@@H](C(=O)O)N2CCN(Cc3ccccn3)CC2)cc1Cl. The van der Waals surface area contributed by atoms with Gasteiger partial charge < -0.3 is 5.11 Å². The van der Waals surface area contributed by atoms with Crippen LogP contribution in [0.3, 0.4) is 0 Å². The lowest BCUT2D eigenvalue weighted by molar-refractivity contribution is -0.144. The van der Waals surface area contributed by atoms with Crippen molar-refractivity contribution in [1.29, 1.82) is 0 Å². The van der Waals surface area contributed by atoms with Crippen LogP contribution < -0.4 is 0 Å². The van der Waals surface area contributed by atoms with Gasteiger partial charge in [-0.3, -0.25) is 19.6 Å². The number of aryl methyl sites for hydroxylation is 1. The van der Waals surface area contributed by atoms with Gasteiger partial charge in [0.15, 0.2) is 0 Å². The number of hydrogen-bond donors (Lipinski definition) is 1. The quantitative estimate of drug-likeness (QED) is 0.867. The van der Waals surface area contributed by atoms with Crippen LogP contribution in [0.15, 0.2) is 36.5 Å². The molecule has 1 saturated heterocycles. The maximum atomic E-state index is 14.4. The smallest absolute Gasteiger partial charge is 0.325 e.